The van der Waals surface area contributed by atoms with Crippen LogP contribution in [-0.4, -0.2) is 85.2 Å². The van der Waals surface area contributed by atoms with Crippen LogP contribution in [0.3, 0.4) is 0 Å². The smallest absolute Gasteiger partial charge is 0.418 e. The summed E-state index contributed by atoms with van der Waals surface area (Å²) in [4.78, 5) is 37.5. The third-order valence-corrected chi connectivity index (χ3v) is 5.16. The fourth-order valence-electron chi connectivity index (χ4n) is 3.52. The van der Waals surface area contributed by atoms with Gasteiger partial charge in [0.1, 0.15) is 19.2 Å². The molecule has 27 heavy (non-hydrogen) atoms. The Morgan fingerprint density at radius 3 is 2.74 bits per heavy atom. The van der Waals surface area contributed by atoms with Crippen LogP contribution in [0.25, 0.3) is 0 Å². The van der Waals surface area contributed by atoms with Crippen molar-refractivity contribution in [2.75, 3.05) is 26.2 Å². The van der Waals surface area contributed by atoms with Gasteiger partial charge in [-0.1, -0.05) is 0 Å². The molecule has 3 rings (SSSR count). The third kappa shape index (κ3) is 4.86. The Labute approximate surface area is 156 Å². The Bertz CT molecular complexity index is 708. The maximum absolute atomic E-state index is 12.3. The Morgan fingerprint density at radius 2 is 2.07 bits per heavy atom. The number of carbonyl (C=O) groups is 3. The molecule has 0 aromatic rings. The zero-order valence-electron chi connectivity index (χ0n) is 14.5. The van der Waals surface area contributed by atoms with Crippen molar-refractivity contribution in [3.8, 4) is 0 Å². The molecule has 12 nitrogen and oxygen atoms in total. The molecule has 0 radical (unpaired) electrons. The maximum atomic E-state index is 12.3. The van der Waals surface area contributed by atoms with E-state index in [2.05, 4.69) is 14.9 Å². The molecule has 0 aromatic carbocycles. The van der Waals surface area contributed by atoms with Crippen molar-refractivity contribution < 1.29 is 36.4 Å². The van der Waals surface area contributed by atoms with Crippen LogP contribution < -0.4 is 10.6 Å². The normalized spacial score (nSPS) is 27.7. The highest BCUT2D eigenvalue weighted by atomic mass is 32.3. The predicted octanol–water partition coefficient (Wildman–Crippen LogP) is -1.60. The summed E-state index contributed by atoms with van der Waals surface area (Å²) < 4.78 is 39.9. The number of urea groups is 1. The first-order valence-electron chi connectivity index (χ1n) is 8.68. The van der Waals surface area contributed by atoms with Gasteiger partial charge < -0.3 is 20.3 Å². The number of rotatable bonds is 7. The average molecular weight is 406 g/mol. The number of esters is 1. The summed E-state index contributed by atoms with van der Waals surface area (Å²) in [5.74, 6) is -1.11. The van der Waals surface area contributed by atoms with Crippen molar-refractivity contribution in [1.29, 1.82) is 0 Å². The van der Waals surface area contributed by atoms with Gasteiger partial charge in [0.05, 0.1) is 6.04 Å². The minimum atomic E-state index is -4.84. The minimum Gasteiger partial charge on any atom is -0.463 e. The number of nitrogens with one attached hydrogen (secondary N) is 2. The minimum absolute atomic E-state index is 0.0875. The van der Waals surface area contributed by atoms with Crippen LogP contribution in [0.15, 0.2) is 0 Å². The van der Waals surface area contributed by atoms with Crippen molar-refractivity contribution in [2.24, 2.45) is 0 Å². The number of fused-ring (bicyclic) bond motifs is 2. The van der Waals surface area contributed by atoms with Crippen LogP contribution in [0.1, 0.15) is 25.7 Å². The van der Waals surface area contributed by atoms with Crippen molar-refractivity contribution in [3.63, 3.8) is 0 Å². The molecule has 0 saturated carbocycles. The number of hydrogen-bond acceptors (Lipinski definition) is 8. The lowest BCUT2D eigenvalue weighted by atomic mass is 10.0. The fourth-order valence-corrected chi connectivity index (χ4v) is 3.91. The molecule has 0 spiro atoms. The average Bonchev–Trinajstić information content (AvgIpc) is 3.20. The molecular weight excluding hydrogens is 384 g/mol. The summed E-state index contributed by atoms with van der Waals surface area (Å²) in [5, 5.41) is 6.19. The first-order chi connectivity index (χ1) is 12.7. The van der Waals surface area contributed by atoms with E-state index in [9.17, 15) is 22.8 Å². The van der Waals surface area contributed by atoms with E-state index in [1.807, 2.05) is 0 Å². The molecule has 3 aliphatic rings. The highest BCUT2D eigenvalue weighted by Gasteiger charge is 2.49. The molecule has 152 valence electrons. The Hall–Kier alpha value is -1.96. The van der Waals surface area contributed by atoms with E-state index in [1.54, 1.807) is 0 Å². The van der Waals surface area contributed by atoms with Gasteiger partial charge in [-0.2, -0.15) is 13.5 Å². The molecule has 3 N–H and O–H groups in total. The van der Waals surface area contributed by atoms with Gasteiger partial charge in [0.15, 0.2) is 0 Å². The number of hydroxylamine groups is 2. The molecule has 3 aliphatic heterocycles. The Kier molecular flexibility index (Phi) is 5.83. The van der Waals surface area contributed by atoms with E-state index >= 15 is 0 Å². The van der Waals surface area contributed by atoms with Gasteiger partial charge in [-0.05, 0) is 32.2 Å². The second-order valence-electron chi connectivity index (χ2n) is 6.70. The molecule has 3 amide bonds. The summed E-state index contributed by atoms with van der Waals surface area (Å²) in [6.07, 6.45) is 2.55. The zero-order valence-corrected chi connectivity index (χ0v) is 15.3. The number of amides is 3. The lowest BCUT2D eigenvalue weighted by Crippen LogP contribution is -2.50. The van der Waals surface area contributed by atoms with Crippen LogP contribution in [0.4, 0.5) is 4.79 Å². The molecule has 0 unspecified atom stereocenters. The third-order valence-electron chi connectivity index (χ3n) is 4.81. The summed E-state index contributed by atoms with van der Waals surface area (Å²) >= 11 is 0. The monoisotopic (exact) mass is 406 g/mol. The van der Waals surface area contributed by atoms with Crippen molar-refractivity contribution in [2.45, 2.75) is 43.8 Å². The van der Waals surface area contributed by atoms with Gasteiger partial charge >= 0.3 is 22.4 Å². The first kappa shape index (κ1) is 19.8. The molecule has 0 aromatic heterocycles. The SMILES string of the molecule is O=C(CNC(=O)[C@@H]1CC[C@@H]2CN1C(=O)N2OS(=O)(=O)O)OC[C@H]1CCCN1. The van der Waals surface area contributed by atoms with E-state index in [-0.39, 0.29) is 32.2 Å². The van der Waals surface area contributed by atoms with E-state index in [0.29, 0.717) is 11.5 Å². The fraction of sp³-hybridized carbons (Fsp3) is 0.786. The van der Waals surface area contributed by atoms with Crippen LogP contribution in [0.5, 0.6) is 0 Å². The first-order valence-corrected chi connectivity index (χ1v) is 10.0. The van der Waals surface area contributed by atoms with Crippen LogP contribution in [0.2, 0.25) is 0 Å². The van der Waals surface area contributed by atoms with Gasteiger partial charge in [0.25, 0.3) is 0 Å². The molecule has 3 heterocycles. The number of hydrogen-bond donors (Lipinski definition) is 3. The molecule has 3 saturated heterocycles. The lowest BCUT2D eigenvalue weighted by Gasteiger charge is -2.29. The predicted molar refractivity (Wildman–Crippen MR) is 88.4 cm³/mol. The molecule has 13 heteroatoms. The summed E-state index contributed by atoms with van der Waals surface area (Å²) in [7, 11) is -4.84. The molecule has 2 bridgehead atoms. The molecule has 3 atom stereocenters. The van der Waals surface area contributed by atoms with Gasteiger partial charge in [0.2, 0.25) is 5.91 Å². The van der Waals surface area contributed by atoms with E-state index in [4.69, 9.17) is 9.29 Å². The molecular formula is C14H22N4O8S. The van der Waals surface area contributed by atoms with Crippen molar-refractivity contribution in [1.82, 2.24) is 20.6 Å². The molecule has 0 aliphatic carbocycles. The quantitative estimate of drug-likeness (QED) is 0.335. The van der Waals surface area contributed by atoms with Crippen LogP contribution in [-0.2, 0) is 29.0 Å². The number of nitrogens with zero attached hydrogens (tertiary/aromatic N) is 2. The van der Waals surface area contributed by atoms with Crippen molar-refractivity contribution >= 4 is 28.3 Å². The summed E-state index contributed by atoms with van der Waals surface area (Å²) in [6, 6.07) is -2.12. The zero-order chi connectivity index (χ0) is 19.6. The Balaban J connectivity index is 1.47. The maximum Gasteiger partial charge on any atom is 0.418 e. The largest absolute Gasteiger partial charge is 0.463 e. The van der Waals surface area contributed by atoms with Gasteiger partial charge in [0, 0.05) is 12.6 Å². The summed E-state index contributed by atoms with van der Waals surface area (Å²) in [6.45, 7) is 0.902. The van der Waals surface area contributed by atoms with Crippen LogP contribution >= 0.6 is 0 Å². The topological polar surface area (TPSA) is 155 Å². The van der Waals surface area contributed by atoms with Crippen molar-refractivity contribution in [3.05, 3.63) is 0 Å². The lowest BCUT2D eigenvalue weighted by molar-refractivity contribution is -0.145. The van der Waals surface area contributed by atoms with Gasteiger partial charge in [-0.25, -0.2) is 4.79 Å². The highest BCUT2D eigenvalue weighted by molar-refractivity contribution is 7.80. The summed E-state index contributed by atoms with van der Waals surface area (Å²) in [5.41, 5.74) is 0. The standard InChI is InChI=1S/C14H22N4O8S/c19-12(25-8-9-2-1-5-15-9)6-16-13(20)11-4-3-10-7-17(11)14(21)18(10)26-27(22,23)24/h9-11,15H,1-8H2,(H,16,20)(H,22,23,24)/t9-,10-,11+/m1/s1. The Morgan fingerprint density at radius 1 is 1.30 bits per heavy atom. The van der Waals surface area contributed by atoms with E-state index in [1.165, 1.54) is 0 Å². The number of piperidine rings is 1. The van der Waals surface area contributed by atoms with Gasteiger partial charge in [-0.3, -0.25) is 14.1 Å². The van der Waals surface area contributed by atoms with Crippen LogP contribution in [0, 0.1) is 0 Å². The van der Waals surface area contributed by atoms with Gasteiger partial charge in [-0.15, -0.1) is 4.28 Å². The van der Waals surface area contributed by atoms with E-state index in [0.717, 1.165) is 24.3 Å². The van der Waals surface area contributed by atoms with E-state index < -0.39 is 40.4 Å². The number of carbonyl (C=O) groups excluding carboxylic acids is 3. The highest BCUT2D eigenvalue weighted by Crippen LogP contribution is 2.30. The second-order valence-corrected chi connectivity index (χ2v) is 7.71. The second kappa shape index (κ2) is 7.96. The number of ether oxygens (including phenoxy) is 1. The molecule has 3 fully saturated rings.